The van der Waals surface area contributed by atoms with Crippen molar-refractivity contribution >= 4 is 6.03 Å². The van der Waals surface area contributed by atoms with Gasteiger partial charge in [-0.05, 0) is 57.5 Å². The van der Waals surface area contributed by atoms with E-state index in [1.165, 1.54) is 29.5 Å². The van der Waals surface area contributed by atoms with E-state index in [-0.39, 0.29) is 17.5 Å². The average molecular weight is 287 g/mol. The third-order valence-corrected chi connectivity index (χ3v) is 5.23. The van der Waals surface area contributed by atoms with Crippen LogP contribution in [0, 0.1) is 6.92 Å². The molecule has 1 spiro atoms. The number of hydrogen-bond donors (Lipinski definition) is 2. The van der Waals surface area contributed by atoms with Crippen LogP contribution in [0.3, 0.4) is 0 Å². The maximum absolute atomic E-state index is 11.8. The molecule has 21 heavy (non-hydrogen) atoms. The number of nitrogens with one attached hydrogen (secondary N) is 2. The molecule has 4 heteroatoms. The van der Waals surface area contributed by atoms with E-state index in [1.54, 1.807) is 7.05 Å². The zero-order valence-electron chi connectivity index (χ0n) is 13.2. The van der Waals surface area contributed by atoms with Crippen molar-refractivity contribution in [3.8, 4) is 0 Å². The minimum absolute atomic E-state index is 0.0857. The van der Waals surface area contributed by atoms with E-state index in [2.05, 4.69) is 47.7 Å². The van der Waals surface area contributed by atoms with Crippen molar-refractivity contribution in [2.45, 2.75) is 37.6 Å². The molecule has 1 aromatic rings. The molecule has 0 saturated carbocycles. The van der Waals surface area contributed by atoms with Crippen LogP contribution in [0.1, 0.15) is 42.0 Å². The van der Waals surface area contributed by atoms with E-state index in [1.807, 2.05) is 0 Å². The van der Waals surface area contributed by atoms with Gasteiger partial charge >= 0.3 is 6.03 Å². The molecule has 2 aliphatic rings. The fourth-order valence-corrected chi connectivity index (χ4v) is 3.94. The lowest BCUT2D eigenvalue weighted by Crippen LogP contribution is -2.41. The van der Waals surface area contributed by atoms with Crippen LogP contribution in [0.5, 0.6) is 0 Å². The Morgan fingerprint density at radius 1 is 1.33 bits per heavy atom. The molecule has 1 atom stereocenters. The number of urea groups is 1. The van der Waals surface area contributed by atoms with Crippen LogP contribution < -0.4 is 10.6 Å². The number of fused-ring (bicyclic) bond motifs is 2. The molecular formula is C17H25N3O. The molecule has 1 aliphatic heterocycles. The molecule has 2 N–H and O–H groups in total. The van der Waals surface area contributed by atoms with Gasteiger partial charge in [0, 0.05) is 12.5 Å². The predicted molar refractivity (Wildman–Crippen MR) is 84.5 cm³/mol. The van der Waals surface area contributed by atoms with Crippen LogP contribution in [0.15, 0.2) is 18.2 Å². The molecule has 114 valence electrons. The van der Waals surface area contributed by atoms with Gasteiger partial charge in [-0.25, -0.2) is 4.79 Å². The van der Waals surface area contributed by atoms with E-state index in [0.717, 1.165) is 19.5 Å². The topological polar surface area (TPSA) is 44.4 Å². The highest BCUT2D eigenvalue weighted by Crippen LogP contribution is 2.50. The van der Waals surface area contributed by atoms with Crippen LogP contribution >= 0.6 is 0 Å². The second-order valence-corrected chi connectivity index (χ2v) is 6.65. The summed E-state index contributed by atoms with van der Waals surface area (Å²) in [5.41, 5.74) is 4.30. The first kappa shape index (κ1) is 14.4. The summed E-state index contributed by atoms with van der Waals surface area (Å²) in [4.78, 5) is 14.2. The van der Waals surface area contributed by atoms with Gasteiger partial charge in [0.05, 0.1) is 6.04 Å². The van der Waals surface area contributed by atoms with Crippen molar-refractivity contribution in [3.63, 3.8) is 0 Å². The number of carbonyl (C=O) groups excluding carboxylic acids is 1. The highest BCUT2D eigenvalue weighted by Gasteiger charge is 2.45. The van der Waals surface area contributed by atoms with Crippen molar-refractivity contribution in [2.24, 2.45) is 0 Å². The quantitative estimate of drug-likeness (QED) is 0.832. The van der Waals surface area contributed by atoms with Crippen LogP contribution in [-0.4, -0.2) is 38.1 Å². The normalized spacial score (nSPS) is 23.9. The van der Waals surface area contributed by atoms with Crippen molar-refractivity contribution in [3.05, 3.63) is 34.9 Å². The lowest BCUT2D eigenvalue weighted by Gasteiger charge is -2.39. The fraction of sp³-hybridized carbons (Fsp3) is 0.588. The number of hydrogen-bond acceptors (Lipinski definition) is 2. The first-order valence-electron chi connectivity index (χ1n) is 7.82. The number of amides is 2. The van der Waals surface area contributed by atoms with Gasteiger partial charge in [0.2, 0.25) is 0 Å². The second-order valence-electron chi connectivity index (χ2n) is 6.65. The van der Waals surface area contributed by atoms with Crippen molar-refractivity contribution < 1.29 is 4.79 Å². The Bertz CT molecular complexity index is 547. The van der Waals surface area contributed by atoms with E-state index in [4.69, 9.17) is 0 Å². The number of carbonyl (C=O) groups is 1. The Morgan fingerprint density at radius 2 is 2.05 bits per heavy atom. The summed E-state index contributed by atoms with van der Waals surface area (Å²) in [5, 5.41) is 5.81. The van der Waals surface area contributed by atoms with Gasteiger partial charge < -0.3 is 15.5 Å². The number of benzene rings is 1. The van der Waals surface area contributed by atoms with E-state index < -0.39 is 0 Å². The summed E-state index contributed by atoms with van der Waals surface area (Å²) < 4.78 is 0. The van der Waals surface area contributed by atoms with Gasteiger partial charge in [-0.15, -0.1) is 0 Å². The summed E-state index contributed by atoms with van der Waals surface area (Å²) in [6.45, 7) is 4.40. The molecule has 0 unspecified atom stereocenters. The predicted octanol–water partition coefficient (Wildman–Crippen LogP) is 2.33. The Balaban J connectivity index is 1.94. The van der Waals surface area contributed by atoms with Gasteiger partial charge in [-0.3, -0.25) is 0 Å². The molecule has 1 saturated heterocycles. The van der Waals surface area contributed by atoms with Crippen LogP contribution in [0.2, 0.25) is 0 Å². The van der Waals surface area contributed by atoms with Crippen LogP contribution in [-0.2, 0) is 5.41 Å². The van der Waals surface area contributed by atoms with Crippen molar-refractivity contribution in [1.29, 1.82) is 0 Å². The molecular weight excluding hydrogens is 262 g/mol. The molecule has 1 fully saturated rings. The minimum Gasteiger partial charge on any atom is -0.341 e. The minimum atomic E-state index is -0.0857. The number of nitrogens with zero attached hydrogens (tertiary/aromatic N) is 1. The van der Waals surface area contributed by atoms with Crippen molar-refractivity contribution in [1.82, 2.24) is 15.5 Å². The van der Waals surface area contributed by atoms with Crippen molar-refractivity contribution in [2.75, 3.05) is 27.2 Å². The lowest BCUT2D eigenvalue weighted by atomic mass is 9.73. The molecule has 3 rings (SSSR count). The summed E-state index contributed by atoms with van der Waals surface area (Å²) in [6, 6.07) is 6.81. The lowest BCUT2D eigenvalue weighted by molar-refractivity contribution is 0.178. The first-order chi connectivity index (χ1) is 10.0. The smallest absolute Gasteiger partial charge is 0.315 e. The van der Waals surface area contributed by atoms with Gasteiger partial charge in [0.1, 0.15) is 0 Å². The molecule has 2 amide bonds. The number of piperidine rings is 1. The monoisotopic (exact) mass is 287 g/mol. The molecule has 1 aromatic carbocycles. The van der Waals surface area contributed by atoms with E-state index in [9.17, 15) is 4.79 Å². The maximum Gasteiger partial charge on any atom is 0.315 e. The van der Waals surface area contributed by atoms with E-state index in [0.29, 0.717) is 0 Å². The number of likely N-dealkylation sites (tertiary alicyclic amines) is 1. The third kappa shape index (κ3) is 2.53. The summed E-state index contributed by atoms with van der Waals surface area (Å²) >= 11 is 0. The van der Waals surface area contributed by atoms with Crippen LogP contribution in [0.4, 0.5) is 4.79 Å². The SMILES string of the molecule is CNC(=O)N[C@H]1CC2(CCN(C)CC2)c2ccc(C)cc21. The Kier molecular flexibility index (Phi) is 3.66. The second kappa shape index (κ2) is 5.34. The highest BCUT2D eigenvalue weighted by atomic mass is 16.2. The maximum atomic E-state index is 11.8. The molecule has 0 aromatic heterocycles. The van der Waals surface area contributed by atoms with Gasteiger partial charge in [0.15, 0.2) is 0 Å². The molecule has 0 radical (unpaired) electrons. The number of aryl methyl sites for hydroxylation is 1. The average Bonchev–Trinajstić information content (AvgIpc) is 2.76. The zero-order valence-corrected chi connectivity index (χ0v) is 13.2. The van der Waals surface area contributed by atoms with Gasteiger partial charge in [-0.2, -0.15) is 0 Å². The van der Waals surface area contributed by atoms with Crippen LogP contribution in [0.25, 0.3) is 0 Å². The van der Waals surface area contributed by atoms with E-state index >= 15 is 0 Å². The standard InChI is InChI=1S/C17H25N3O/c1-12-4-5-14-13(10-12)15(19-16(21)18-2)11-17(14)6-8-20(3)9-7-17/h4-5,10,15H,6-9,11H2,1-3H3,(H2,18,19,21)/t15-/m0/s1. The molecule has 1 aliphatic carbocycles. The fourth-order valence-electron chi connectivity index (χ4n) is 3.94. The summed E-state index contributed by atoms with van der Waals surface area (Å²) in [6.07, 6.45) is 3.41. The summed E-state index contributed by atoms with van der Waals surface area (Å²) in [5.74, 6) is 0. The molecule has 4 nitrogen and oxygen atoms in total. The van der Waals surface area contributed by atoms with Gasteiger partial charge in [0.25, 0.3) is 0 Å². The summed E-state index contributed by atoms with van der Waals surface area (Å²) in [7, 11) is 3.87. The Morgan fingerprint density at radius 3 is 2.71 bits per heavy atom. The zero-order chi connectivity index (χ0) is 15.0. The molecule has 1 heterocycles. The van der Waals surface area contributed by atoms with Gasteiger partial charge in [-0.1, -0.05) is 23.8 Å². The number of rotatable bonds is 1. The Labute approximate surface area is 126 Å². The first-order valence-corrected chi connectivity index (χ1v) is 7.82. The third-order valence-electron chi connectivity index (χ3n) is 5.23. The Hall–Kier alpha value is -1.55. The molecule has 0 bridgehead atoms. The highest BCUT2D eigenvalue weighted by molar-refractivity contribution is 5.74. The largest absolute Gasteiger partial charge is 0.341 e.